The van der Waals surface area contributed by atoms with Crippen molar-refractivity contribution in [3.05, 3.63) is 30.1 Å². The largest absolute Gasteiger partial charge is 0.379 e. The van der Waals surface area contributed by atoms with Gasteiger partial charge in [-0.1, -0.05) is 18.9 Å². The minimum atomic E-state index is -3.54. The van der Waals surface area contributed by atoms with E-state index in [4.69, 9.17) is 9.88 Å². The van der Waals surface area contributed by atoms with Crippen LogP contribution in [-0.2, 0) is 21.3 Å². The van der Waals surface area contributed by atoms with E-state index >= 15 is 0 Å². The van der Waals surface area contributed by atoms with Gasteiger partial charge in [-0.15, -0.1) is 0 Å². The lowest BCUT2D eigenvalue weighted by atomic mass is 9.75. The number of morpholine rings is 1. The zero-order chi connectivity index (χ0) is 23.6. The number of ether oxygens (including phenoxy) is 1. The average Bonchev–Trinajstić information content (AvgIpc) is 3.34. The summed E-state index contributed by atoms with van der Waals surface area (Å²) in [6.07, 6.45) is 10.6. The molecule has 2 fully saturated rings. The van der Waals surface area contributed by atoms with E-state index in [0.717, 1.165) is 76.9 Å². The van der Waals surface area contributed by atoms with Crippen LogP contribution in [0.15, 0.2) is 24.5 Å². The fourth-order valence-corrected chi connectivity index (χ4v) is 5.77. The second kappa shape index (κ2) is 12.6. The van der Waals surface area contributed by atoms with Gasteiger partial charge in [0.25, 0.3) is 0 Å². The van der Waals surface area contributed by atoms with E-state index in [0.29, 0.717) is 25.3 Å². The Morgan fingerprint density at radius 1 is 1.21 bits per heavy atom. The molecule has 2 aliphatic rings. The molecule has 3 rings (SSSR count). The van der Waals surface area contributed by atoms with Crippen LogP contribution in [0.2, 0.25) is 0 Å². The van der Waals surface area contributed by atoms with Crippen LogP contribution in [-0.4, -0.2) is 68.5 Å². The number of nitrogens with one attached hydrogen (secondary N) is 2. The maximum absolute atomic E-state index is 13.0. The molecule has 1 atom stereocenters. The topological polar surface area (TPSA) is 127 Å². The molecule has 2 amide bonds. The molecule has 0 bridgehead atoms. The lowest BCUT2D eigenvalue weighted by Gasteiger charge is -2.41. The number of nitrogens with two attached hydrogens (primary N) is 1. The highest BCUT2D eigenvalue weighted by molar-refractivity contribution is 7.89. The maximum atomic E-state index is 13.0. The Labute approximate surface area is 197 Å². The first-order valence-electron chi connectivity index (χ1n) is 12.1. The van der Waals surface area contributed by atoms with Gasteiger partial charge in [0.15, 0.2) is 0 Å². The lowest BCUT2D eigenvalue weighted by molar-refractivity contribution is 0.0353. The number of rotatable bonds is 12. The fraction of sp³-hybridized carbons (Fsp3) is 0.739. The second-order valence-electron chi connectivity index (χ2n) is 9.33. The normalized spacial score (nSPS) is 19.8. The predicted molar refractivity (Wildman–Crippen MR) is 128 cm³/mol. The van der Waals surface area contributed by atoms with Crippen molar-refractivity contribution in [1.29, 1.82) is 0 Å². The van der Waals surface area contributed by atoms with Crippen LogP contribution in [0.3, 0.4) is 0 Å². The number of carbonyl (C=O) groups excluding carboxylic acids is 1. The Balaban J connectivity index is 1.67. The number of aromatic nitrogens is 1. The van der Waals surface area contributed by atoms with Crippen LogP contribution in [0.4, 0.5) is 4.79 Å². The molecule has 1 unspecified atom stereocenters. The van der Waals surface area contributed by atoms with Crippen LogP contribution in [0.5, 0.6) is 0 Å². The molecule has 2 heterocycles. The number of carbonyl (C=O) groups is 1. The maximum Gasteiger partial charge on any atom is 0.315 e. The number of amides is 2. The summed E-state index contributed by atoms with van der Waals surface area (Å²) in [6.45, 7) is 4.73. The van der Waals surface area contributed by atoms with E-state index in [1.165, 1.54) is 0 Å². The number of pyridine rings is 1. The Kier molecular flexibility index (Phi) is 9.91. The minimum absolute atomic E-state index is 0.0656. The zero-order valence-corrected chi connectivity index (χ0v) is 20.3. The lowest BCUT2D eigenvalue weighted by Crippen LogP contribution is -2.56. The molecule has 33 heavy (non-hydrogen) atoms. The molecule has 4 N–H and O–H groups in total. The van der Waals surface area contributed by atoms with Gasteiger partial charge in [0.2, 0.25) is 10.0 Å². The number of nitrogens with zero attached hydrogens (tertiary/aromatic N) is 2. The second-order valence-corrected chi connectivity index (χ2v) is 11.1. The van der Waals surface area contributed by atoms with Gasteiger partial charge >= 0.3 is 6.03 Å². The van der Waals surface area contributed by atoms with Crippen molar-refractivity contribution in [3.8, 4) is 0 Å². The molecular formula is C23H39N5O4S. The molecule has 0 radical (unpaired) electrons. The van der Waals surface area contributed by atoms with E-state index in [9.17, 15) is 13.2 Å². The molecular weight excluding hydrogens is 442 g/mol. The summed E-state index contributed by atoms with van der Waals surface area (Å²) in [6, 6.07) is 3.55. The zero-order valence-electron chi connectivity index (χ0n) is 19.5. The van der Waals surface area contributed by atoms with Crippen molar-refractivity contribution in [2.24, 2.45) is 11.1 Å². The van der Waals surface area contributed by atoms with Crippen LogP contribution in [0.25, 0.3) is 0 Å². The van der Waals surface area contributed by atoms with E-state index in [1.54, 1.807) is 12.4 Å². The fourth-order valence-electron chi connectivity index (χ4n) is 5.23. The summed E-state index contributed by atoms with van der Waals surface area (Å²) in [7, 11) is -3.54. The van der Waals surface area contributed by atoms with Gasteiger partial charge in [0.05, 0.1) is 19.0 Å². The van der Waals surface area contributed by atoms with Crippen molar-refractivity contribution in [3.63, 3.8) is 0 Å². The van der Waals surface area contributed by atoms with Crippen molar-refractivity contribution >= 4 is 16.1 Å². The van der Waals surface area contributed by atoms with Crippen molar-refractivity contribution in [2.45, 2.75) is 63.5 Å². The Hall–Kier alpha value is -1.75. The number of sulfonamides is 1. The molecule has 1 saturated heterocycles. The first-order chi connectivity index (χ1) is 15.9. The van der Waals surface area contributed by atoms with E-state index in [1.807, 2.05) is 12.1 Å². The van der Waals surface area contributed by atoms with E-state index in [-0.39, 0.29) is 11.8 Å². The molecule has 1 aromatic rings. The average molecular weight is 482 g/mol. The highest BCUT2D eigenvalue weighted by Gasteiger charge is 2.40. The summed E-state index contributed by atoms with van der Waals surface area (Å²) >= 11 is 0. The first-order valence-corrected chi connectivity index (χ1v) is 13.8. The number of hydrogen-bond acceptors (Lipinski definition) is 6. The van der Waals surface area contributed by atoms with Gasteiger partial charge in [-0.3, -0.25) is 9.88 Å². The van der Waals surface area contributed by atoms with Gasteiger partial charge in [0.1, 0.15) is 0 Å². The van der Waals surface area contributed by atoms with Crippen molar-refractivity contribution < 1.29 is 17.9 Å². The minimum Gasteiger partial charge on any atom is -0.379 e. The smallest absolute Gasteiger partial charge is 0.315 e. The van der Waals surface area contributed by atoms with Crippen LogP contribution in [0.1, 0.15) is 56.9 Å². The molecule has 1 saturated carbocycles. The van der Waals surface area contributed by atoms with Gasteiger partial charge < -0.3 is 15.4 Å². The molecule has 9 nitrogen and oxygen atoms in total. The summed E-state index contributed by atoms with van der Waals surface area (Å²) < 4.78 is 28.6. The van der Waals surface area contributed by atoms with Crippen molar-refractivity contribution in [2.75, 3.05) is 38.6 Å². The number of primary sulfonamides is 1. The number of hydrogen-bond donors (Lipinski definition) is 3. The molecule has 1 aliphatic carbocycles. The Morgan fingerprint density at radius 2 is 1.94 bits per heavy atom. The Bertz CT molecular complexity index is 827. The summed E-state index contributed by atoms with van der Waals surface area (Å²) in [4.78, 5) is 19.5. The SMILES string of the molecule is NS(=O)(=O)CCCC(CCCN1CCOCC1)(NC(=O)NCc1cccnc1)C1CCCC1. The van der Waals surface area contributed by atoms with Crippen LogP contribution in [0, 0.1) is 5.92 Å². The molecule has 0 spiro atoms. The van der Waals surface area contributed by atoms with Gasteiger partial charge in [-0.05, 0) is 62.6 Å². The Morgan fingerprint density at radius 3 is 2.61 bits per heavy atom. The molecule has 10 heteroatoms. The molecule has 1 aromatic heterocycles. The van der Waals surface area contributed by atoms with E-state index < -0.39 is 15.6 Å². The van der Waals surface area contributed by atoms with Gasteiger partial charge in [-0.2, -0.15) is 0 Å². The van der Waals surface area contributed by atoms with Gasteiger partial charge in [0, 0.05) is 37.6 Å². The van der Waals surface area contributed by atoms with Crippen LogP contribution >= 0.6 is 0 Å². The third-order valence-corrected chi connectivity index (χ3v) is 7.79. The molecule has 1 aliphatic heterocycles. The first kappa shape index (κ1) is 25.9. The van der Waals surface area contributed by atoms with E-state index in [2.05, 4.69) is 20.5 Å². The third kappa shape index (κ3) is 8.84. The summed E-state index contributed by atoms with van der Waals surface area (Å²) in [5, 5.41) is 11.6. The standard InChI is InChI=1S/C23H39N5O4S/c24-33(30,31)17-5-10-23(21-7-1-2-8-21,9-4-12-28-13-15-32-16-14-28)27-22(29)26-19-20-6-3-11-25-18-20/h3,6,11,18,21H,1-2,4-5,7-10,12-17,19H2,(H2,24,30,31)(H2,26,27,29). The quantitative estimate of drug-likeness (QED) is 0.419. The highest BCUT2D eigenvalue weighted by Crippen LogP contribution is 2.40. The highest BCUT2D eigenvalue weighted by atomic mass is 32.2. The molecule has 186 valence electrons. The van der Waals surface area contributed by atoms with Gasteiger partial charge in [-0.25, -0.2) is 18.4 Å². The monoisotopic (exact) mass is 481 g/mol. The van der Waals surface area contributed by atoms with Crippen molar-refractivity contribution in [1.82, 2.24) is 20.5 Å². The summed E-state index contributed by atoms with van der Waals surface area (Å²) in [5.41, 5.74) is 0.493. The van der Waals surface area contributed by atoms with Crippen LogP contribution < -0.4 is 15.8 Å². The predicted octanol–water partition coefficient (Wildman–Crippen LogP) is 1.99. The number of urea groups is 1. The molecule has 0 aromatic carbocycles. The summed E-state index contributed by atoms with van der Waals surface area (Å²) in [5.74, 6) is 0.274. The third-order valence-electron chi connectivity index (χ3n) is 6.93.